The summed E-state index contributed by atoms with van der Waals surface area (Å²) in [6.07, 6.45) is 8.57. The molecule has 1 fully saturated rings. The summed E-state index contributed by atoms with van der Waals surface area (Å²) in [5.74, 6) is 0.105. The van der Waals surface area contributed by atoms with E-state index >= 15 is 0 Å². The topological polar surface area (TPSA) is 42.5 Å². The summed E-state index contributed by atoms with van der Waals surface area (Å²) >= 11 is 0. The van der Waals surface area contributed by atoms with Crippen LogP contribution in [-0.4, -0.2) is 38.1 Å². The number of carbonyl (C=O) groups is 1. The number of rotatable bonds is 2. The summed E-state index contributed by atoms with van der Waals surface area (Å²) in [5, 5.41) is 4.27. The van der Waals surface area contributed by atoms with Gasteiger partial charge in [-0.3, -0.25) is 9.48 Å². The first-order valence-electron chi connectivity index (χ1n) is 7.16. The highest BCUT2D eigenvalue weighted by Gasteiger charge is 2.28. The van der Waals surface area contributed by atoms with Gasteiger partial charge in [-0.25, -0.2) is 0 Å². The van der Waals surface area contributed by atoms with Gasteiger partial charge in [0.15, 0.2) is 0 Å². The molecule has 1 amide bonds. The van der Waals surface area contributed by atoms with E-state index in [4.69, 9.17) is 0 Å². The van der Waals surface area contributed by atoms with E-state index in [9.17, 15) is 4.79 Å². The van der Waals surface area contributed by atoms with Gasteiger partial charge in [0.1, 0.15) is 0 Å². The van der Waals surface area contributed by atoms with Crippen LogP contribution < -0.4 is 0 Å². The van der Waals surface area contributed by atoms with Gasteiger partial charge in [-0.1, -0.05) is 6.07 Å². The summed E-state index contributed by atoms with van der Waals surface area (Å²) in [7, 11) is 0. The molecule has 0 saturated carbocycles. The quantitative estimate of drug-likeness (QED) is 0.722. The van der Waals surface area contributed by atoms with E-state index in [1.54, 1.807) is 6.20 Å². The van der Waals surface area contributed by atoms with Crippen LogP contribution in [0, 0.1) is 0 Å². The van der Waals surface area contributed by atoms with Crippen molar-refractivity contribution in [2.24, 2.45) is 0 Å². The second-order valence-corrected chi connectivity index (χ2v) is 5.44. The smallest absolute Gasteiger partial charge is 0.255 e. The zero-order valence-corrected chi connectivity index (χ0v) is 11.6. The van der Waals surface area contributed by atoms with E-state index < -0.39 is 0 Å². The van der Waals surface area contributed by atoms with Crippen molar-refractivity contribution in [3.63, 3.8) is 0 Å². The molecule has 3 aromatic heterocycles. The molecule has 1 saturated heterocycles. The maximum Gasteiger partial charge on any atom is 0.255 e. The third-order valence-electron chi connectivity index (χ3n) is 4.10. The fraction of sp³-hybridized carbons (Fsp3) is 0.250. The van der Waals surface area contributed by atoms with Crippen molar-refractivity contribution < 1.29 is 4.79 Å². The van der Waals surface area contributed by atoms with Crippen LogP contribution in [0.4, 0.5) is 0 Å². The van der Waals surface area contributed by atoms with E-state index in [1.165, 1.54) is 0 Å². The molecule has 1 aliphatic rings. The first-order valence-corrected chi connectivity index (χ1v) is 7.16. The number of pyridine rings is 1. The lowest BCUT2D eigenvalue weighted by Crippen LogP contribution is -2.28. The van der Waals surface area contributed by atoms with Crippen LogP contribution >= 0.6 is 0 Å². The highest BCUT2D eigenvalue weighted by atomic mass is 16.2. The molecule has 0 N–H and O–H groups in total. The van der Waals surface area contributed by atoms with Crippen molar-refractivity contribution in [1.29, 1.82) is 0 Å². The van der Waals surface area contributed by atoms with Gasteiger partial charge in [0.2, 0.25) is 0 Å². The summed E-state index contributed by atoms with van der Waals surface area (Å²) in [4.78, 5) is 14.5. The van der Waals surface area contributed by atoms with Crippen molar-refractivity contribution in [2.45, 2.75) is 12.5 Å². The minimum atomic E-state index is 0.105. The minimum Gasteiger partial charge on any atom is -0.336 e. The average molecular weight is 280 g/mol. The molecule has 0 bridgehead atoms. The lowest BCUT2D eigenvalue weighted by atomic mass is 10.3. The van der Waals surface area contributed by atoms with Crippen molar-refractivity contribution >= 4 is 11.4 Å². The largest absolute Gasteiger partial charge is 0.336 e. The highest BCUT2D eigenvalue weighted by Crippen LogP contribution is 2.23. The molecule has 0 spiro atoms. The Morgan fingerprint density at radius 3 is 3.00 bits per heavy atom. The van der Waals surface area contributed by atoms with E-state index in [0.717, 1.165) is 30.6 Å². The van der Waals surface area contributed by atoms with Gasteiger partial charge >= 0.3 is 0 Å². The van der Waals surface area contributed by atoms with Gasteiger partial charge in [-0.15, -0.1) is 0 Å². The molecule has 1 aliphatic heterocycles. The SMILES string of the molecule is O=C(c1cc2ccccn2c1)N1CCC(n2cccn2)C1. The van der Waals surface area contributed by atoms with Crippen LogP contribution in [-0.2, 0) is 0 Å². The normalized spacial score (nSPS) is 18.5. The van der Waals surface area contributed by atoms with Gasteiger partial charge in [-0.2, -0.15) is 5.10 Å². The molecule has 5 heteroatoms. The molecule has 1 atom stereocenters. The third kappa shape index (κ3) is 2.11. The molecule has 4 heterocycles. The first kappa shape index (κ1) is 12.2. The first-order chi connectivity index (χ1) is 10.3. The second kappa shape index (κ2) is 4.77. The Balaban J connectivity index is 1.55. The number of hydrogen-bond acceptors (Lipinski definition) is 2. The molecule has 21 heavy (non-hydrogen) atoms. The zero-order valence-electron chi connectivity index (χ0n) is 11.6. The number of aromatic nitrogens is 3. The van der Waals surface area contributed by atoms with Gasteiger partial charge in [0, 0.05) is 43.4 Å². The fourth-order valence-electron chi connectivity index (χ4n) is 2.99. The Morgan fingerprint density at radius 2 is 2.19 bits per heavy atom. The van der Waals surface area contributed by atoms with Crippen LogP contribution in [0.2, 0.25) is 0 Å². The van der Waals surface area contributed by atoms with Crippen molar-refractivity contribution in [3.05, 3.63) is 60.7 Å². The highest BCUT2D eigenvalue weighted by molar-refractivity contribution is 5.95. The third-order valence-corrected chi connectivity index (χ3v) is 4.10. The predicted molar refractivity (Wildman–Crippen MR) is 79.2 cm³/mol. The Labute approximate surface area is 122 Å². The second-order valence-electron chi connectivity index (χ2n) is 5.44. The summed E-state index contributed by atoms with van der Waals surface area (Å²) < 4.78 is 3.93. The number of carbonyl (C=O) groups excluding carboxylic acids is 1. The standard InChI is InChI=1S/C16H16N4O/c21-16(13-10-14-4-1-2-7-18(14)11-13)19-9-5-15(12-19)20-8-3-6-17-20/h1-4,6-8,10-11,15H,5,9,12H2. The minimum absolute atomic E-state index is 0.105. The fourth-order valence-corrected chi connectivity index (χ4v) is 2.99. The van der Waals surface area contributed by atoms with Crippen molar-refractivity contribution in [2.75, 3.05) is 13.1 Å². The lowest BCUT2D eigenvalue weighted by molar-refractivity contribution is 0.0787. The predicted octanol–water partition coefficient (Wildman–Crippen LogP) is 2.22. The molecule has 0 aromatic carbocycles. The van der Waals surface area contributed by atoms with Gasteiger partial charge in [-0.05, 0) is 30.7 Å². The van der Waals surface area contributed by atoms with E-state index in [1.807, 2.05) is 62.9 Å². The zero-order chi connectivity index (χ0) is 14.2. The molecule has 0 radical (unpaired) electrons. The Bertz CT molecular complexity index is 742. The number of likely N-dealkylation sites (tertiary alicyclic amines) is 1. The monoisotopic (exact) mass is 280 g/mol. The maximum atomic E-state index is 12.6. The van der Waals surface area contributed by atoms with Crippen LogP contribution in [0.5, 0.6) is 0 Å². The van der Waals surface area contributed by atoms with E-state index in [-0.39, 0.29) is 5.91 Å². The van der Waals surface area contributed by atoms with Crippen LogP contribution in [0.3, 0.4) is 0 Å². The van der Waals surface area contributed by atoms with E-state index in [0.29, 0.717) is 6.04 Å². The van der Waals surface area contributed by atoms with Crippen molar-refractivity contribution in [1.82, 2.24) is 19.1 Å². The average Bonchev–Trinajstić information content (AvgIpc) is 3.24. The Kier molecular flexibility index (Phi) is 2.77. The molecule has 5 nitrogen and oxygen atoms in total. The lowest BCUT2D eigenvalue weighted by Gasteiger charge is -2.15. The Morgan fingerprint density at radius 1 is 1.24 bits per heavy atom. The van der Waals surface area contributed by atoms with Crippen LogP contribution in [0.1, 0.15) is 22.8 Å². The molecular formula is C16H16N4O. The summed E-state index contributed by atoms with van der Waals surface area (Å²) in [6, 6.07) is 10.1. The van der Waals surface area contributed by atoms with Crippen molar-refractivity contribution in [3.8, 4) is 0 Å². The molecule has 4 rings (SSSR count). The Hall–Kier alpha value is -2.56. The number of amides is 1. The summed E-state index contributed by atoms with van der Waals surface area (Å²) in [6.45, 7) is 1.52. The summed E-state index contributed by atoms with van der Waals surface area (Å²) in [5.41, 5.74) is 1.80. The number of nitrogens with zero attached hydrogens (tertiary/aromatic N) is 4. The molecule has 1 unspecified atom stereocenters. The molecular weight excluding hydrogens is 264 g/mol. The van der Waals surface area contributed by atoms with Crippen LogP contribution in [0.15, 0.2) is 55.1 Å². The molecule has 0 aliphatic carbocycles. The van der Waals surface area contributed by atoms with Gasteiger partial charge in [0.25, 0.3) is 5.91 Å². The maximum absolute atomic E-state index is 12.6. The van der Waals surface area contributed by atoms with Gasteiger partial charge in [0.05, 0.1) is 11.6 Å². The number of hydrogen-bond donors (Lipinski definition) is 0. The number of fused-ring (bicyclic) bond motifs is 1. The molecule has 106 valence electrons. The van der Waals surface area contributed by atoms with Crippen LogP contribution in [0.25, 0.3) is 5.52 Å². The molecule has 3 aromatic rings. The van der Waals surface area contributed by atoms with E-state index in [2.05, 4.69) is 5.10 Å². The van der Waals surface area contributed by atoms with Gasteiger partial charge < -0.3 is 9.30 Å².